The number of imidazole rings is 1. The van der Waals surface area contributed by atoms with Gasteiger partial charge in [-0.25, -0.2) is 4.98 Å². The molecule has 0 radical (unpaired) electrons. The van der Waals surface area contributed by atoms with Crippen LogP contribution in [0.4, 0.5) is 13.2 Å². The fraction of sp³-hybridized carbons (Fsp3) is 0.700. The fourth-order valence-corrected chi connectivity index (χ4v) is 2.77. The number of H-pyrrole nitrogens is 1. The van der Waals surface area contributed by atoms with Crippen LogP contribution in [-0.4, -0.2) is 28.0 Å². The van der Waals surface area contributed by atoms with E-state index in [1.807, 2.05) is 0 Å². The minimum Gasteiger partial charge on any atom is -0.344 e. The molecule has 2 rings (SSSR count). The molecule has 0 amide bonds. The van der Waals surface area contributed by atoms with Crippen molar-refractivity contribution in [3.8, 4) is 0 Å². The van der Waals surface area contributed by atoms with Crippen LogP contribution in [-0.2, 0) is 12.6 Å². The maximum absolute atomic E-state index is 12.7. The van der Waals surface area contributed by atoms with Crippen molar-refractivity contribution in [2.45, 2.75) is 25.6 Å². The lowest BCUT2D eigenvalue weighted by atomic mass is 10.2. The second kappa shape index (κ2) is 4.89. The molecule has 3 nitrogen and oxygen atoms in total. The molecule has 0 aliphatic carbocycles. The first-order chi connectivity index (χ1) is 8.02. The average molecular weight is 265 g/mol. The molecule has 0 bridgehead atoms. The third kappa shape index (κ3) is 2.77. The number of thioether (sulfide) groups is 1. The Labute approximate surface area is 102 Å². The predicted octanol–water partition coefficient (Wildman–Crippen LogP) is 2.37. The largest absolute Gasteiger partial charge is 0.435 e. The van der Waals surface area contributed by atoms with Crippen LogP contribution in [0.5, 0.6) is 0 Å². The Morgan fingerprint density at radius 1 is 1.47 bits per heavy atom. The van der Waals surface area contributed by atoms with Gasteiger partial charge in [0.05, 0.1) is 6.04 Å². The van der Waals surface area contributed by atoms with Gasteiger partial charge in [0.15, 0.2) is 5.69 Å². The number of hydrogen-bond acceptors (Lipinski definition) is 3. The third-order valence-corrected chi connectivity index (χ3v) is 3.73. The maximum Gasteiger partial charge on any atom is 0.435 e. The SMILES string of the molecule is CCc1[nH]c(C2CSCCN2)nc1C(F)(F)F. The molecule has 1 aliphatic heterocycles. The fourth-order valence-electron chi connectivity index (χ4n) is 1.83. The van der Waals surface area contributed by atoms with E-state index in [2.05, 4.69) is 15.3 Å². The van der Waals surface area contributed by atoms with Crippen LogP contribution in [0.2, 0.25) is 0 Å². The number of aryl methyl sites for hydroxylation is 1. The summed E-state index contributed by atoms with van der Waals surface area (Å²) >= 11 is 1.72. The van der Waals surface area contributed by atoms with Crippen molar-refractivity contribution in [1.82, 2.24) is 15.3 Å². The Kier molecular flexibility index (Phi) is 3.67. The van der Waals surface area contributed by atoms with E-state index in [0.717, 1.165) is 18.1 Å². The quantitative estimate of drug-likeness (QED) is 0.862. The van der Waals surface area contributed by atoms with Crippen LogP contribution in [0.3, 0.4) is 0 Å². The number of halogens is 3. The molecule has 0 spiro atoms. The highest BCUT2D eigenvalue weighted by Crippen LogP contribution is 2.32. The van der Waals surface area contributed by atoms with Gasteiger partial charge in [0.1, 0.15) is 5.82 Å². The number of nitrogens with one attached hydrogen (secondary N) is 2. The maximum atomic E-state index is 12.7. The highest BCUT2D eigenvalue weighted by Gasteiger charge is 2.37. The van der Waals surface area contributed by atoms with Crippen LogP contribution in [0, 0.1) is 0 Å². The lowest BCUT2D eigenvalue weighted by Crippen LogP contribution is -2.31. The molecule has 1 aromatic rings. The highest BCUT2D eigenvalue weighted by atomic mass is 32.2. The molecule has 1 aromatic heterocycles. The molecule has 0 aromatic carbocycles. The topological polar surface area (TPSA) is 40.7 Å². The van der Waals surface area contributed by atoms with E-state index < -0.39 is 11.9 Å². The van der Waals surface area contributed by atoms with E-state index in [1.165, 1.54) is 0 Å². The molecular formula is C10H14F3N3S. The number of hydrogen-bond donors (Lipinski definition) is 2. The van der Waals surface area contributed by atoms with E-state index >= 15 is 0 Å². The Morgan fingerprint density at radius 2 is 2.24 bits per heavy atom. The number of alkyl halides is 3. The third-order valence-electron chi connectivity index (χ3n) is 2.67. The molecule has 17 heavy (non-hydrogen) atoms. The van der Waals surface area contributed by atoms with Gasteiger partial charge in [0, 0.05) is 23.7 Å². The number of aromatic amines is 1. The van der Waals surface area contributed by atoms with E-state index in [0.29, 0.717) is 12.2 Å². The summed E-state index contributed by atoms with van der Waals surface area (Å²) in [6.45, 7) is 2.49. The van der Waals surface area contributed by atoms with Crippen molar-refractivity contribution in [2.24, 2.45) is 0 Å². The van der Waals surface area contributed by atoms with E-state index in [9.17, 15) is 13.2 Å². The van der Waals surface area contributed by atoms with Gasteiger partial charge in [0.25, 0.3) is 0 Å². The zero-order valence-corrected chi connectivity index (χ0v) is 10.2. The lowest BCUT2D eigenvalue weighted by Gasteiger charge is -2.21. The molecule has 0 saturated carbocycles. The Balaban J connectivity index is 2.27. The number of nitrogens with zero attached hydrogens (tertiary/aromatic N) is 1. The van der Waals surface area contributed by atoms with Crippen molar-refractivity contribution in [2.75, 3.05) is 18.1 Å². The molecular weight excluding hydrogens is 251 g/mol. The first-order valence-electron chi connectivity index (χ1n) is 5.49. The van der Waals surface area contributed by atoms with Gasteiger partial charge in [-0.05, 0) is 6.42 Å². The van der Waals surface area contributed by atoms with Gasteiger partial charge in [-0.3, -0.25) is 0 Å². The van der Waals surface area contributed by atoms with Gasteiger partial charge in [-0.2, -0.15) is 24.9 Å². The zero-order chi connectivity index (χ0) is 12.5. The summed E-state index contributed by atoms with van der Waals surface area (Å²) < 4.78 is 38.1. The van der Waals surface area contributed by atoms with Crippen molar-refractivity contribution in [1.29, 1.82) is 0 Å². The van der Waals surface area contributed by atoms with Gasteiger partial charge in [-0.15, -0.1) is 0 Å². The van der Waals surface area contributed by atoms with E-state index in [4.69, 9.17) is 0 Å². The van der Waals surface area contributed by atoms with Crippen molar-refractivity contribution >= 4 is 11.8 Å². The van der Waals surface area contributed by atoms with Crippen molar-refractivity contribution in [3.63, 3.8) is 0 Å². The smallest absolute Gasteiger partial charge is 0.344 e. The molecule has 1 unspecified atom stereocenters. The average Bonchev–Trinajstić information content (AvgIpc) is 2.74. The summed E-state index contributed by atoms with van der Waals surface area (Å²) in [6, 6.07) is -0.102. The minimum absolute atomic E-state index is 0.102. The van der Waals surface area contributed by atoms with Gasteiger partial charge >= 0.3 is 6.18 Å². The lowest BCUT2D eigenvalue weighted by molar-refractivity contribution is -0.141. The highest BCUT2D eigenvalue weighted by molar-refractivity contribution is 7.99. The molecule has 1 fully saturated rings. The van der Waals surface area contributed by atoms with Crippen LogP contribution in [0.25, 0.3) is 0 Å². The van der Waals surface area contributed by atoms with Gasteiger partial charge in [-0.1, -0.05) is 6.92 Å². The Hall–Kier alpha value is -0.690. The zero-order valence-electron chi connectivity index (χ0n) is 9.40. The number of rotatable bonds is 2. The van der Waals surface area contributed by atoms with Crippen molar-refractivity contribution < 1.29 is 13.2 Å². The van der Waals surface area contributed by atoms with Gasteiger partial charge < -0.3 is 10.3 Å². The molecule has 1 aliphatic rings. The molecule has 1 saturated heterocycles. The first-order valence-corrected chi connectivity index (χ1v) is 6.65. The summed E-state index contributed by atoms with van der Waals surface area (Å²) in [7, 11) is 0. The monoisotopic (exact) mass is 265 g/mol. The predicted molar refractivity (Wildman–Crippen MR) is 61.0 cm³/mol. The van der Waals surface area contributed by atoms with Crippen LogP contribution in [0.1, 0.15) is 30.2 Å². The van der Waals surface area contributed by atoms with Crippen molar-refractivity contribution in [3.05, 3.63) is 17.2 Å². The van der Waals surface area contributed by atoms with Crippen LogP contribution in [0.15, 0.2) is 0 Å². The number of aromatic nitrogens is 2. The molecule has 7 heteroatoms. The summed E-state index contributed by atoms with van der Waals surface area (Å²) in [5, 5.41) is 3.17. The molecule has 96 valence electrons. The van der Waals surface area contributed by atoms with Crippen LogP contribution < -0.4 is 5.32 Å². The normalized spacial score (nSPS) is 21.8. The minimum atomic E-state index is -4.37. The standard InChI is InChI=1S/C10H14F3N3S/c1-2-6-8(10(11,12)13)16-9(15-6)7-5-17-4-3-14-7/h7,14H,2-5H2,1H3,(H,15,16). The Morgan fingerprint density at radius 3 is 2.71 bits per heavy atom. The second-order valence-electron chi connectivity index (χ2n) is 3.88. The first kappa shape index (κ1) is 12.8. The Bertz CT molecular complexity index is 383. The van der Waals surface area contributed by atoms with Crippen LogP contribution >= 0.6 is 11.8 Å². The van der Waals surface area contributed by atoms with E-state index in [1.54, 1.807) is 18.7 Å². The van der Waals surface area contributed by atoms with Gasteiger partial charge in [0.2, 0.25) is 0 Å². The molecule has 2 N–H and O–H groups in total. The second-order valence-corrected chi connectivity index (χ2v) is 5.03. The summed E-state index contributed by atoms with van der Waals surface area (Å²) in [5.74, 6) is 2.15. The molecule has 1 atom stereocenters. The molecule has 2 heterocycles. The summed E-state index contributed by atoms with van der Waals surface area (Å²) in [4.78, 5) is 6.52. The summed E-state index contributed by atoms with van der Waals surface area (Å²) in [5.41, 5.74) is -0.600. The summed E-state index contributed by atoms with van der Waals surface area (Å²) in [6.07, 6.45) is -4.07. The van der Waals surface area contributed by atoms with E-state index in [-0.39, 0.29) is 11.7 Å².